The zero-order valence-corrected chi connectivity index (χ0v) is 15.6. The molecule has 0 bridgehead atoms. The lowest BCUT2D eigenvalue weighted by atomic mass is 10.1. The molecular weight excluding hydrogens is 461 g/mol. The summed E-state index contributed by atoms with van der Waals surface area (Å²) in [6, 6.07) is 1.58. The molecule has 166 valence electrons. The van der Waals surface area contributed by atoms with Gasteiger partial charge in [-0.25, -0.2) is 26.0 Å². The Hall–Kier alpha value is -2.87. The fourth-order valence-electron chi connectivity index (χ4n) is 3.32. The van der Waals surface area contributed by atoms with Crippen molar-refractivity contribution in [3.63, 3.8) is 0 Å². The molecule has 0 saturated heterocycles. The first-order valence-corrected chi connectivity index (χ1v) is 9.76. The maximum absolute atomic E-state index is 14.1. The van der Waals surface area contributed by atoms with E-state index in [1.54, 1.807) is 0 Å². The first kappa shape index (κ1) is 21.4. The monoisotopic (exact) mass is 470 g/mol. The van der Waals surface area contributed by atoms with Gasteiger partial charge in [-0.2, -0.15) is 18.3 Å². The number of ether oxygens (including phenoxy) is 1. The highest BCUT2D eigenvalue weighted by Gasteiger charge is 2.55. The van der Waals surface area contributed by atoms with Crippen molar-refractivity contribution in [2.45, 2.75) is 28.9 Å². The van der Waals surface area contributed by atoms with Crippen LogP contribution in [0.15, 0.2) is 29.3 Å². The number of rotatable bonds is 3. The van der Waals surface area contributed by atoms with E-state index in [0.29, 0.717) is 18.2 Å². The minimum atomic E-state index is -6.09. The number of halogens is 7. The van der Waals surface area contributed by atoms with Crippen molar-refractivity contribution in [2.75, 3.05) is 0 Å². The number of fused-ring (bicyclic) bond motifs is 2. The van der Waals surface area contributed by atoms with E-state index in [4.69, 9.17) is 4.74 Å². The summed E-state index contributed by atoms with van der Waals surface area (Å²) in [5.41, 5.74) is -8.13. The summed E-state index contributed by atoms with van der Waals surface area (Å²) in [4.78, 5) is -1.55. The molecule has 0 fully saturated rings. The summed E-state index contributed by atoms with van der Waals surface area (Å²) >= 11 is 0. The van der Waals surface area contributed by atoms with E-state index in [2.05, 4.69) is 10.2 Å². The first-order chi connectivity index (χ1) is 14.3. The number of alkyl halides is 5. The van der Waals surface area contributed by atoms with Crippen LogP contribution >= 0.6 is 0 Å². The smallest absolute Gasteiger partial charge is 0.456 e. The number of H-pyrrole nitrogens is 1. The number of benzene rings is 2. The second kappa shape index (κ2) is 6.56. The number of aliphatic hydroxyl groups excluding tert-OH is 1. The Morgan fingerprint density at radius 2 is 1.87 bits per heavy atom. The number of aliphatic hydroxyl groups is 1. The highest BCUT2D eigenvalue weighted by molar-refractivity contribution is 7.92. The molecule has 0 spiro atoms. The zero-order chi connectivity index (χ0) is 22.9. The molecular formula is C17H9F7N2O4S. The van der Waals surface area contributed by atoms with Crippen LogP contribution in [0, 0.1) is 11.6 Å². The van der Waals surface area contributed by atoms with E-state index in [0.717, 1.165) is 6.20 Å². The third kappa shape index (κ3) is 3.12. The molecule has 6 nitrogen and oxygen atoms in total. The molecule has 0 radical (unpaired) electrons. The van der Waals surface area contributed by atoms with Gasteiger partial charge in [0.05, 0.1) is 16.5 Å². The Morgan fingerprint density at radius 1 is 1.19 bits per heavy atom. The van der Waals surface area contributed by atoms with Crippen LogP contribution in [-0.4, -0.2) is 35.2 Å². The SMILES string of the molecule is O=S(=O)(c1ccc(Oc2cc(F)c(F)c3[nH]ncc23)c2c1C(O)C(F)(F)C2)C(F)(F)F. The van der Waals surface area contributed by atoms with E-state index in [-0.39, 0.29) is 5.39 Å². The van der Waals surface area contributed by atoms with Crippen LogP contribution in [0.5, 0.6) is 11.5 Å². The average molecular weight is 470 g/mol. The van der Waals surface area contributed by atoms with Gasteiger partial charge in [0.1, 0.15) is 23.1 Å². The molecule has 31 heavy (non-hydrogen) atoms. The molecule has 2 N–H and O–H groups in total. The lowest BCUT2D eigenvalue weighted by Crippen LogP contribution is -2.26. The number of nitrogens with zero attached hydrogens (tertiary/aromatic N) is 1. The van der Waals surface area contributed by atoms with E-state index < -0.39 is 78.5 Å². The summed E-state index contributed by atoms with van der Waals surface area (Å²) in [5, 5.41) is 15.4. The number of aromatic amines is 1. The van der Waals surface area contributed by atoms with Crippen molar-refractivity contribution in [1.29, 1.82) is 0 Å². The molecule has 14 heteroatoms. The summed E-state index contributed by atoms with van der Waals surface area (Å²) in [6.07, 6.45) is -3.19. The number of sulfone groups is 1. The summed E-state index contributed by atoms with van der Waals surface area (Å²) < 4.78 is 124. The van der Waals surface area contributed by atoms with E-state index >= 15 is 0 Å². The maximum Gasteiger partial charge on any atom is 0.501 e. The Balaban J connectivity index is 1.92. The van der Waals surface area contributed by atoms with Crippen molar-refractivity contribution in [3.05, 3.63) is 47.2 Å². The predicted octanol–water partition coefficient (Wildman–Crippen LogP) is 4.15. The van der Waals surface area contributed by atoms with Crippen molar-refractivity contribution in [1.82, 2.24) is 10.2 Å². The van der Waals surface area contributed by atoms with Crippen LogP contribution in [-0.2, 0) is 16.3 Å². The molecule has 1 heterocycles. The predicted molar refractivity (Wildman–Crippen MR) is 89.4 cm³/mol. The van der Waals surface area contributed by atoms with Crippen LogP contribution in [0.25, 0.3) is 10.9 Å². The highest BCUT2D eigenvalue weighted by Crippen LogP contribution is 2.51. The molecule has 1 atom stereocenters. The van der Waals surface area contributed by atoms with Crippen molar-refractivity contribution >= 4 is 20.7 Å². The van der Waals surface area contributed by atoms with Gasteiger partial charge in [-0.1, -0.05) is 0 Å². The fraction of sp³-hybridized carbons (Fsp3) is 0.235. The Kier molecular flexibility index (Phi) is 4.52. The number of hydrogen-bond donors (Lipinski definition) is 2. The minimum Gasteiger partial charge on any atom is -0.456 e. The van der Waals surface area contributed by atoms with Crippen LogP contribution in [0.1, 0.15) is 17.2 Å². The molecule has 0 saturated carbocycles. The number of aromatic nitrogens is 2. The van der Waals surface area contributed by atoms with Crippen LogP contribution in [0.3, 0.4) is 0 Å². The van der Waals surface area contributed by atoms with Crippen molar-refractivity contribution < 1.29 is 49.0 Å². The lowest BCUT2D eigenvalue weighted by Gasteiger charge is -2.18. The second-order valence-electron chi connectivity index (χ2n) is 6.67. The third-order valence-electron chi connectivity index (χ3n) is 4.77. The topological polar surface area (TPSA) is 92.3 Å². The third-order valence-corrected chi connectivity index (χ3v) is 6.31. The summed E-state index contributed by atoms with van der Waals surface area (Å²) in [7, 11) is -6.09. The molecule has 3 aromatic rings. The quantitative estimate of drug-likeness (QED) is 0.562. The van der Waals surface area contributed by atoms with Gasteiger partial charge < -0.3 is 9.84 Å². The van der Waals surface area contributed by atoms with Crippen LogP contribution in [0.4, 0.5) is 30.7 Å². The summed E-state index contributed by atoms with van der Waals surface area (Å²) in [5.74, 6) is -7.71. The van der Waals surface area contributed by atoms with Gasteiger partial charge in [0.15, 0.2) is 11.6 Å². The van der Waals surface area contributed by atoms with Gasteiger partial charge in [0.25, 0.3) is 15.8 Å². The van der Waals surface area contributed by atoms with Gasteiger partial charge in [-0.15, -0.1) is 0 Å². The van der Waals surface area contributed by atoms with E-state index in [9.17, 15) is 44.3 Å². The fourth-order valence-corrected chi connectivity index (χ4v) is 4.34. The highest BCUT2D eigenvalue weighted by atomic mass is 32.2. The second-order valence-corrected chi connectivity index (χ2v) is 8.58. The van der Waals surface area contributed by atoms with Gasteiger partial charge in [0.2, 0.25) is 0 Å². The van der Waals surface area contributed by atoms with Gasteiger partial charge in [0, 0.05) is 23.6 Å². The molecule has 0 amide bonds. The molecule has 1 unspecified atom stereocenters. The lowest BCUT2D eigenvalue weighted by molar-refractivity contribution is -0.0978. The van der Waals surface area contributed by atoms with Gasteiger partial charge in [-0.05, 0) is 12.1 Å². The molecule has 2 aromatic carbocycles. The van der Waals surface area contributed by atoms with Crippen molar-refractivity contribution in [3.8, 4) is 11.5 Å². The Bertz CT molecular complexity index is 1320. The largest absolute Gasteiger partial charge is 0.501 e. The van der Waals surface area contributed by atoms with E-state index in [1.165, 1.54) is 0 Å². The van der Waals surface area contributed by atoms with Crippen molar-refractivity contribution in [2.24, 2.45) is 0 Å². The summed E-state index contributed by atoms with van der Waals surface area (Å²) in [6.45, 7) is 0. The molecule has 4 rings (SSSR count). The van der Waals surface area contributed by atoms with Crippen LogP contribution < -0.4 is 4.74 Å². The first-order valence-electron chi connectivity index (χ1n) is 8.27. The minimum absolute atomic E-state index is 0.120. The van der Waals surface area contributed by atoms with Gasteiger partial charge in [-0.3, -0.25) is 5.10 Å². The Labute approximate surface area is 168 Å². The van der Waals surface area contributed by atoms with Gasteiger partial charge >= 0.3 is 5.51 Å². The van der Waals surface area contributed by atoms with Crippen LogP contribution in [0.2, 0.25) is 0 Å². The van der Waals surface area contributed by atoms with E-state index in [1.807, 2.05) is 0 Å². The number of nitrogens with one attached hydrogen (secondary N) is 1. The number of hydrogen-bond acceptors (Lipinski definition) is 5. The average Bonchev–Trinajstić information content (AvgIpc) is 3.23. The molecule has 1 aliphatic carbocycles. The molecule has 0 aliphatic heterocycles. The normalized spacial score (nSPS) is 18.4. The standard InChI is InChI=1S/C17H9F7N2O4S/c18-8-3-10(7-5-25-26-14(7)13(8)19)30-9-1-2-11(31(28,29)17(22,23)24)12-6(9)4-16(20,21)15(12)27/h1-3,5,15,27H,4H2,(H,25,26). The maximum atomic E-state index is 14.1. The Morgan fingerprint density at radius 3 is 2.52 bits per heavy atom. The molecule has 1 aromatic heterocycles. The molecule has 1 aliphatic rings. The zero-order valence-electron chi connectivity index (χ0n) is 14.8.